The molecule has 0 spiro atoms. The summed E-state index contributed by atoms with van der Waals surface area (Å²) in [5.74, 6) is 1.42. The molecule has 3 aromatic heterocycles. The van der Waals surface area contributed by atoms with Crippen molar-refractivity contribution in [3.63, 3.8) is 0 Å². The zero-order valence-electron chi connectivity index (χ0n) is 15.5. The molecule has 4 heterocycles. The van der Waals surface area contributed by atoms with E-state index in [1.165, 1.54) is 41.5 Å². The number of piperidine rings is 1. The Kier molecular flexibility index (Phi) is 4.48. The number of nitrogens with zero attached hydrogens (tertiary/aromatic N) is 2. The maximum absolute atomic E-state index is 13.0. The van der Waals surface area contributed by atoms with Crippen LogP contribution >= 0.6 is 11.3 Å². The van der Waals surface area contributed by atoms with E-state index in [1.54, 1.807) is 11.3 Å². The zero-order valence-corrected chi connectivity index (χ0v) is 16.3. The average molecular weight is 380 g/mol. The number of nitrogens with one attached hydrogen (secondary N) is 1. The van der Waals surface area contributed by atoms with Crippen LogP contribution in [0.5, 0.6) is 0 Å². The lowest BCUT2D eigenvalue weighted by Crippen LogP contribution is -2.37. The van der Waals surface area contributed by atoms with Crippen LogP contribution in [0.3, 0.4) is 0 Å². The minimum absolute atomic E-state index is 0.225. The number of carbonyl (C=O) groups excluding carboxylic acids is 1. The van der Waals surface area contributed by atoms with Crippen molar-refractivity contribution >= 4 is 28.3 Å². The summed E-state index contributed by atoms with van der Waals surface area (Å²) in [4.78, 5) is 25.0. The Bertz CT molecular complexity index is 945. The summed E-state index contributed by atoms with van der Waals surface area (Å²) in [6.45, 7) is 1.68. The Morgan fingerprint density at radius 3 is 2.70 bits per heavy atom. The molecule has 4 nitrogen and oxygen atoms in total. The highest BCUT2D eigenvalue weighted by Crippen LogP contribution is 2.38. The average Bonchev–Trinajstić information content (AvgIpc) is 3.47. The predicted molar refractivity (Wildman–Crippen MR) is 110 cm³/mol. The molecule has 5 heteroatoms. The van der Waals surface area contributed by atoms with Gasteiger partial charge in [-0.15, -0.1) is 11.3 Å². The first kappa shape index (κ1) is 17.0. The molecule has 1 aliphatic carbocycles. The van der Waals surface area contributed by atoms with E-state index in [0.717, 1.165) is 36.5 Å². The summed E-state index contributed by atoms with van der Waals surface area (Å²) in [6, 6.07) is 8.39. The lowest BCUT2D eigenvalue weighted by atomic mass is 9.89. The number of H-pyrrole nitrogens is 1. The fourth-order valence-corrected chi connectivity index (χ4v) is 5.91. The molecule has 1 amide bonds. The van der Waals surface area contributed by atoms with Crippen LogP contribution in [-0.2, 0) is 0 Å². The predicted octanol–water partition coefficient (Wildman–Crippen LogP) is 5.30. The van der Waals surface area contributed by atoms with Gasteiger partial charge in [0, 0.05) is 35.7 Å². The fourth-order valence-electron chi connectivity index (χ4n) is 4.76. The first-order chi connectivity index (χ1) is 13.3. The molecule has 5 rings (SSSR count). The summed E-state index contributed by atoms with van der Waals surface area (Å²) in [5, 5.41) is 1.22. The number of rotatable bonds is 3. The summed E-state index contributed by atoms with van der Waals surface area (Å²) in [5.41, 5.74) is 2.31. The number of hydrogen-bond donors (Lipinski definition) is 1. The molecular weight excluding hydrogens is 354 g/mol. The SMILES string of the molecule is O=C(c1ccc(C2CCCC2)s1)N1CCC(c2c[nH]c3ncccc23)CC1. The number of aromatic nitrogens is 2. The van der Waals surface area contributed by atoms with Gasteiger partial charge < -0.3 is 9.88 Å². The lowest BCUT2D eigenvalue weighted by molar-refractivity contribution is 0.0718. The van der Waals surface area contributed by atoms with E-state index in [-0.39, 0.29) is 5.91 Å². The largest absolute Gasteiger partial charge is 0.346 e. The van der Waals surface area contributed by atoms with Crippen molar-refractivity contribution in [1.82, 2.24) is 14.9 Å². The second-order valence-corrected chi connectivity index (χ2v) is 9.01. The minimum atomic E-state index is 0.225. The first-order valence-electron chi connectivity index (χ1n) is 10.1. The summed E-state index contributed by atoms with van der Waals surface area (Å²) in [7, 11) is 0. The van der Waals surface area contributed by atoms with Gasteiger partial charge in [-0.05, 0) is 67.3 Å². The van der Waals surface area contributed by atoms with Crippen LogP contribution in [0, 0.1) is 0 Å². The minimum Gasteiger partial charge on any atom is -0.346 e. The molecule has 0 unspecified atom stereocenters. The van der Waals surface area contributed by atoms with Gasteiger partial charge in [0.05, 0.1) is 4.88 Å². The Balaban J connectivity index is 1.25. The van der Waals surface area contributed by atoms with Crippen LogP contribution in [-0.4, -0.2) is 33.9 Å². The number of pyridine rings is 1. The standard InChI is InChI=1S/C22H25N3OS/c26-22(20-8-7-19(27-20)16-4-1-2-5-16)25-12-9-15(10-13-25)18-14-24-21-17(18)6-3-11-23-21/h3,6-8,11,14-16H,1-2,4-5,9-10,12-13H2,(H,23,24). The lowest BCUT2D eigenvalue weighted by Gasteiger charge is -2.31. The van der Waals surface area contributed by atoms with Gasteiger partial charge in [-0.25, -0.2) is 4.98 Å². The van der Waals surface area contributed by atoms with E-state index >= 15 is 0 Å². The Hall–Kier alpha value is -2.14. The normalized spacial score (nSPS) is 19.2. The van der Waals surface area contributed by atoms with Gasteiger partial charge in [0.1, 0.15) is 5.65 Å². The third-order valence-corrected chi connectivity index (χ3v) is 7.54. The van der Waals surface area contributed by atoms with Gasteiger partial charge in [0.15, 0.2) is 0 Å². The zero-order chi connectivity index (χ0) is 18.2. The number of carbonyl (C=O) groups is 1. The maximum atomic E-state index is 13.0. The molecule has 0 atom stereocenters. The quantitative estimate of drug-likeness (QED) is 0.671. The van der Waals surface area contributed by atoms with Crippen molar-refractivity contribution in [2.75, 3.05) is 13.1 Å². The van der Waals surface area contributed by atoms with E-state index < -0.39 is 0 Å². The van der Waals surface area contributed by atoms with Gasteiger partial charge >= 0.3 is 0 Å². The summed E-state index contributed by atoms with van der Waals surface area (Å²) in [6.07, 6.45) is 11.2. The number of thiophene rings is 1. The molecule has 2 aliphatic rings. The van der Waals surface area contributed by atoms with Gasteiger partial charge in [0.2, 0.25) is 0 Å². The van der Waals surface area contributed by atoms with Crippen LogP contribution in [0.1, 0.15) is 70.5 Å². The third-order valence-electron chi connectivity index (χ3n) is 6.30. The number of likely N-dealkylation sites (tertiary alicyclic amines) is 1. The summed E-state index contributed by atoms with van der Waals surface area (Å²) >= 11 is 1.73. The molecule has 27 heavy (non-hydrogen) atoms. The molecule has 0 aromatic carbocycles. The van der Waals surface area contributed by atoms with E-state index in [2.05, 4.69) is 34.4 Å². The Labute approximate surface area is 163 Å². The molecule has 1 N–H and O–H groups in total. The van der Waals surface area contributed by atoms with E-state index in [9.17, 15) is 4.79 Å². The monoisotopic (exact) mass is 379 g/mol. The van der Waals surface area contributed by atoms with Gasteiger partial charge in [-0.3, -0.25) is 4.79 Å². The van der Waals surface area contributed by atoms with Crippen LogP contribution in [0.15, 0.2) is 36.7 Å². The molecule has 1 aliphatic heterocycles. The van der Waals surface area contributed by atoms with Gasteiger partial charge in [0.25, 0.3) is 5.91 Å². The van der Waals surface area contributed by atoms with Crippen LogP contribution in [0.25, 0.3) is 11.0 Å². The number of hydrogen-bond acceptors (Lipinski definition) is 3. The van der Waals surface area contributed by atoms with E-state index in [1.807, 2.05) is 17.2 Å². The fraction of sp³-hybridized carbons (Fsp3) is 0.455. The highest BCUT2D eigenvalue weighted by Gasteiger charge is 2.27. The number of amides is 1. The Morgan fingerprint density at radius 1 is 1.07 bits per heavy atom. The van der Waals surface area contributed by atoms with E-state index in [0.29, 0.717) is 11.8 Å². The molecule has 1 saturated heterocycles. The molecule has 2 fully saturated rings. The van der Waals surface area contributed by atoms with Crippen LogP contribution in [0.4, 0.5) is 0 Å². The van der Waals surface area contributed by atoms with Crippen molar-refractivity contribution < 1.29 is 4.79 Å². The third kappa shape index (κ3) is 3.18. The second-order valence-electron chi connectivity index (χ2n) is 7.89. The number of fused-ring (bicyclic) bond motifs is 1. The molecule has 140 valence electrons. The van der Waals surface area contributed by atoms with Crippen molar-refractivity contribution in [1.29, 1.82) is 0 Å². The first-order valence-corrected chi connectivity index (χ1v) is 10.9. The van der Waals surface area contributed by atoms with Crippen molar-refractivity contribution in [2.45, 2.75) is 50.4 Å². The van der Waals surface area contributed by atoms with Crippen molar-refractivity contribution in [3.8, 4) is 0 Å². The topological polar surface area (TPSA) is 49.0 Å². The maximum Gasteiger partial charge on any atom is 0.263 e. The van der Waals surface area contributed by atoms with Crippen LogP contribution < -0.4 is 0 Å². The van der Waals surface area contributed by atoms with E-state index in [4.69, 9.17) is 0 Å². The molecule has 0 bridgehead atoms. The van der Waals surface area contributed by atoms with Crippen molar-refractivity contribution in [2.24, 2.45) is 0 Å². The summed E-state index contributed by atoms with van der Waals surface area (Å²) < 4.78 is 0. The Morgan fingerprint density at radius 2 is 1.89 bits per heavy atom. The molecule has 0 radical (unpaired) electrons. The highest BCUT2D eigenvalue weighted by molar-refractivity contribution is 7.14. The van der Waals surface area contributed by atoms with Gasteiger partial charge in [-0.2, -0.15) is 0 Å². The van der Waals surface area contributed by atoms with Crippen LogP contribution in [0.2, 0.25) is 0 Å². The smallest absolute Gasteiger partial charge is 0.263 e. The molecule has 1 saturated carbocycles. The second kappa shape index (κ2) is 7.12. The highest BCUT2D eigenvalue weighted by atomic mass is 32.1. The van der Waals surface area contributed by atoms with Crippen molar-refractivity contribution in [3.05, 3.63) is 52.0 Å². The van der Waals surface area contributed by atoms with Gasteiger partial charge in [-0.1, -0.05) is 12.8 Å². The molecule has 3 aromatic rings. The number of aromatic amines is 1. The molecular formula is C22H25N3OS.